The molecule has 4 aromatic rings. The van der Waals surface area contributed by atoms with Crippen LogP contribution in [0.2, 0.25) is 10.0 Å². The van der Waals surface area contributed by atoms with Crippen LogP contribution in [0.4, 0.5) is 5.69 Å². The van der Waals surface area contributed by atoms with Gasteiger partial charge in [-0.25, -0.2) is 8.42 Å². The molecular formula is C35H37Cl2N3O5S. The molecule has 0 spiro atoms. The number of carbonyl (C=O) groups excluding carboxylic acids is 2. The Morgan fingerprint density at radius 1 is 0.848 bits per heavy atom. The average Bonchev–Trinajstić information content (AvgIpc) is 3.06. The topological polar surface area (TPSA) is 96.0 Å². The number of halogens is 2. The number of hydrogen-bond acceptors (Lipinski definition) is 5. The molecule has 0 bridgehead atoms. The van der Waals surface area contributed by atoms with Crippen molar-refractivity contribution in [2.45, 2.75) is 50.2 Å². The van der Waals surface area contributed by atoms with Gasteiger partial charge in [0, 0.05) is 29.1 Å². The van der Waals surface area contributed by atoms with Crippen LogP contribution in [0.3, 0.4) is 0 Å². The van der Waals surface area contributed by atoms with Crippen molar-refractivity contribution >= 4 is 50.7 Å². The molecule has 2 atom stereocenters. The monoisotopic (exact) mass is 681 g/mol. The van der Waals surface area contributed by atoms with Crippen LogP contribution in [0.25, 0.3) is 0 Å². The molecule has 242 valence electrons. The molecule has 1 N–H and O–H groups in total. The molecule has 0 heterocycles. The predicted octanol–water partition coefficient (Wildman–Crippen LogP) is 6.75. The van der Waals surface area contributed by atoms with E-state index >= 15 is 0 Å². The quantitative estimate of drug-likeness (QED) is 0.159. The zero-order valence-electron chi connectivity index (χ0n) is 25.9. The molecule has 8 nitrogen and oxygen atoms in total. The molecule has 0 aliphatic rings. The van der Waals surface area contributed by atoms with E-state index in [-0.39, 0.29) is 46.3 Å². The van der Waals surface area contributed by atoms with Crippen molar-refractivity contribution in [2.75, 3.05) is 18.0 Å². The number of ether oxygens (including phenoxy) is 1. The van der Waals surface area contributed by atoms with E-state index in [0.29, 0.717) is 17.0 Å². The van der Waals surface area contributed by atoms with Gasteiger partial charge in [-0.15, -0.1) is 0 Å². The first-order chi connectivity index (χ1) is 22.0. The lowest BCUT2D eigenvalue weighted by Crippen LogP contribution is -2.54. The molecule has 2 unspecified atom stereocenters. The molecule has 46 heavy (non-hydrogen) atoms. The van der Waals surface area contributed by atoms with Crippen molar-refractivity contribution in [3.8, 4) is 5.75 Å². The number of nitrogens with one attached hydrogen (secondary N) is 1. The van der Waals surface area contributed by atoms with E-state index in [0.717, 1.165) is 9.87 Å². The zero-order valence-corrected chi connectivity index (χ0v) is 28.2. The summed E-state index contributed by atoms with van der Waals surface area (Å²) in [6, 6.07) is 27.6. The van der Waals surface area contributed by atoms with Gasteiger partial charge in [-0.2, -0.15) is 0 Å². The molecule has 2 amide bonds. The van der Waals surface area contributed by atoms with Crippen LogP contribution < -0.4 is 14.4 Å². The molecule has 0 saturated heterocycles. The second-order valence-corrected chi connectivity index (χ2v) is 13.5. The van der Waals surface area contributed by atoms with Crippen molar-refractivity contribution in [1.82, 2.24) is 10.2 Å². The van der Waals surface area contributed by atoms with Gasteiger partial charge in [-0.1, -0.05) is 90.8 Å². The van der Waals surface area contributed by atoms with E-state index < -0.39 is 28.5 Å². The molecule has 0 aliphatic heterocycles. The highest BCUT2D eigenvalue weighted by Gasteiger charge is 2.36. The van der Waals surface area contributed by atoms with Crippen molar-refractivity contribution in [2.24, 2.45) is 0 Å². The van der Waals surface area contributed by atoms with Crippen LogP contribution in [0.5, 0.6) is 5.75 Å². The fourth-order valence-electron chi connectivity index (χ4n) is 4.87. The number of methoxy groups -OCH3 is 1. The molecule has 0 fully saturated rings. The smallest absolute Gasteiger partial charge is 0.264 e. The Bertz CT molecular complexity index is 1720. The van der Waals surface area contributed by atoms with Gasteiger partial charge in [0.05, 0.1) is 17.7 Å². The summed E-state index contributed by atoms with van der Waals surface area (Å²) in [5, 5.41) is 3.80. The fourth-order valence-corrected chi connectivity index (χ4v) is 6.60. The Morgan fingerprint density at radius 3 is 2.07 bits per heavy atom. The Morgan fingerprint density at radius 2 is 1.46 bits per heavy atom. The zero-order chi connectivity index (χ0) is 33.3. The first-order valence-corrected chi connectivity index (χ1v) is 17.0. The molecule has 0 saturated carbocycles. The molecular weight excluding hydrogens is 645 g/mol. The van der Waals surface area contributed by atoms with Gasteiger partial charge in [0.25, 0.3) is 10.0 Å². The summed E-state index contributed by atoms with van der Waals surface area (Å²) in [6.45, 7) is 3.23. The van der Waals surface area contributed by atoms with Crippen LogP contribution in [0.1, 0.15) is 31.4 Å². The van der Waals surface area contributed by atoms with Crippen LogP contribution in [0, 0.1) is 0 Å². The van der Waals surface area contributed by atoms with Crippen molar-refractivity contribution < 1.29 is 22.7 Å². The summed E-state index contributed by atoms with van der Waals surface area (Å²) in [7, 11) is -2.90. The number of hydrogen-bond donors (Lipinski definition) is 1. The fraction of sp³-hybridized carbons (Fsp3) is 0.257. The van der Waals surface area contributed by atoms with Crippen LogP contribution in [-0.2, 0) is 32.6 Å². The summed E-state index contributed by atoms with van der Waals surface area (Å²) in [5.41, 5.74) is 1.64. The van der Waals surface area contributed by atoms with Crippen LogP contribution >= 0.6 is 23.2 Å². The second-order valence-electron chi connectivity index (χ2n) is 10.8. The molecule has 4 aromatic carbocycles. The first-order valence-electron chi connectivity index (χ1n) is 14.8. The average molecular weight is 683 g/mol. The lowest BCUT2D eigenvalue weighted by molar-refractivity contribution is -0.140. The summed E-state index contributed by atoms with van der Waals surface area (Å²) in [5.74, 6) is -0.744. The predicted molar refractivity (Wildman–Crippen MR) is 183 cm³/mol. The number of benzene rings is 4. The third kappa shape index (κ3) is 8.81. The highest BCUT2D eigenvalue weighted by atomic mass is 35.5. The number of rotatable bonds is 14. The third-order valence-electron chi connectivity index (χ3n) is 7.56. The molecule has 11 heteroatoms. The summed E-state index contributed by atoms with van der Waals surface area (Å²) in [6.07, 6.45) is 0.890. The maximum absolute atomic E-state index is 14.6. The normalized spacial score (nSPS) is 12.5. The van der Waals surface area contributed by atoms with Gasteiger partial charge >= 0.3 is 0 Å². The van der Waals surface area contributed by atoms with Crippen molar-refractivity contribution in [1.29, 1.82) is 0 Å². The second kappa shape index (κ2) is 16.0. The van der Waals surface area contributed by atoms with E-state index in [2.05, 4.69) is 5.32 Å². The Labute approximate surface area is 280 Å². The van der Waals surface area contributed by atoms with Gasteiger partial charge in [0.15, 0.2) is 0 Å². The summed E-state index contributed by atoms with van der Waals surface area (Å²) in [4.78, 5) is 29.9. The van der Waals surface area contributed by atoms with Gasteiger partial charge in [0.2, 0.25) is 11.8 Å². The lowest BCUT2D eigenvalue weighted by atomic mass is 10.0. The van der Waals surface area contributed by atoms with E-state index in [9.17, 15) is 18.0 Å². The van der Waals surface area contributed by atoms with E-state index in [1.807, 2.05) is 44.2 Å². The number of nitrogens with zero attached hydrogens (tertiary/aromatic N) is 2. The van der Waals surface area contributed by atoms with E-state index in [1.54, 1.807) is 54.6 Å². The molecule has 0 aromatic heterocycles. The summed E-state index contributed by atoms with van der Waals surface area (Å²) >= 11 is 12.5. The van der Waals surface area contributed by atoms with Gasteiger partial charge < -0.3 is 15.0 Å². The molecule has 0 radical (unpaired) electrons. The standard InChI is InChI=1S/C35H37Cl2N3O5S/c1-4-25(2)38-35(42)32(21-26-11-7-5-8-12-26)39(23-27-15-17-28(36)18-16-27)34(41)24-40(31-22-29(37)19-20-33(31)45-3)46(43,44)30-13-9-6-10-14-30/h5-20,22,25,32H,4,21,23-24H2,1-3H3,(H,38,42). The van der Waals surface area contributed by atoms with Crippen molar-refractivity contribution in [3.63, 3.8) is 0 Å². The minimum atomic E-state index is -4.31. The molecule has 0 aliphatic carbocycles. The molecule has 4 rings (SSSR count). The Hall–Kier alpha value is -4.05. The minimum Gasteiger partial charge on any atom is -0.495 e. The van der Waals surface area contributed by atoms with E-state index in [1.165, 1.54) is 30.2 Å². The SMILES string of the molecule is CCC(C)NC(=O)C(Cc1ccccc1)N(Cc1ccc(Cl)cc1)C(=O)CN(c1cc(Cl)ccc1OC)S(=O)(=O)c1ccccc1. The highest BCUT2D eigenvalue weighted by molar-refractivity contribution is 7.92. The number of anilines is 1. The number of amides is 2. The van der Waals surface area contributed by atoms with E-state index in [4.69, 9.17) is 27.9 Å². The minimum absolute atomic E-state index is 0.0212. The van der Waals surface area contributed by atoms with Crippen LogP contribution in [-0.4, -0.2) is 50.9 Å². The third-order valence-corrected chi connectivity index (χ3v) is 9.82. The Kier molecular flexibility index (Phi) is 12.1. The largest absolute Gasteiger partial charge is 0.495 e. The first kappa shape index (κ1) is 34.8. The van der Waals surface area contributed by atoms with Gasteiger partial charge in [0.1, 0.15) is 18.3 Å². The maximum Gasteiger partial charge on any atom is 0.264 e. The lowest BCUT2D eigenvalue weighted by Gasteiger charge is -2.34. The van der Waals surface area contributed by atoms with Crippen molar-refractivity contribution in [3.05, 3.63) is 124 Å². The number of sulfonamides is 1. The van der Waals surface area contributed by atoms with Crippen LogP contribution in [0.15, 0.2) is 108 Å². The Balaban J connectivity index is 1.84. The number of carbonyl (C=O) groups is 2. The van der Waals surface area contributed by atoms with Gasteiger partial charge in [-0.05, 0) is 66.9 Å². The highest BCUT2D eigenvalue weighted by Crippen LogP contribution is 2.35. The van der Waals surface area contributed by atoms with Gasteiger partial charge in [-0.3, -0.25) is 13.9 Å². The summed E-state index contributed by atoms with van der Waals surface area (Å²) < 4.78 is 34.9. The maximum atomic E-state index is 14.6.